The molecule has 15 heavy (non-hydrogen) atoms. The molecule has 0 aromatic carbocycles. The Labute approximate surface area is 85.9 Å². The van der Waals surface area contributed by atoms with Crippen molar-refractivity contribution in [3.8, 4) is 6.07 Å². The summed E-state index contributed by atoms with van der Waals surface area (Å²) >= 11 is 0. The molecular weight excluding hydrogens is 198 g/mol. The van der Waals surface area contributed by atoms with Crippen molar-refractivity contribution < 1.29 is 19.1 Å². The summed E-state index contributed by atoms with van der Waals surface area (Å²) < 4.78 is 10.2. The van der Waals surface area contributed by atoms with Gasteiger partial charge in [0.05, 0.1) is 30.1 Å². The summed E-state index contributed by atoms with van der Waals surface area (Å²) in [5.41, 5.74) is 0. The van der Waals surface area contributed by atoms with Crippen LogP contribution in [0.1, 0.15) is 12.8 Å². The van der Waals surface area contributed by atoms with Gasteiger partial charge in [0, 0.05) is 12.3 Å². The number of hydrogen-bond donors (Lipinski definition) is 0. The van der Waals surface area contributed by atoms with Crippen LogP contribution in [0.4, 0.5) is 0 Å². The molecule has 0 unspecified atom stereocenters. The fourth-order valence-electron chi connectivity index (χ4n) is 2.98. The van der Waals surface area contributed by atoms with Crippen molar-refractivity contribution in [1.29, 1.82) is 5.26 Å². The molecule has 5 atom stereocenters. The average molecular weight is 207 g/mol. The lowest BCUT2D eigenvalue weighted by Gasteiger charge is -2.21. The molecular formula is C10H9NO4. The first kappa shape index (κ1) is 8.86. The SMILES string of the molecule is N#CC[C@H]1C[C@H]2O[C@@H]1[C@H]1C(=O)OC(=O)[C@H]12. The van der Waals surface area contributed by atoms with Gasteiger partial charge in [-0.2, -0.15) is 5.26 Å². The molecule has 0 N–H and O–H groups in total. The molecule has 0 saturated carbocycles. The first-order chi connectivity index (χ1) is 7.22. The molecule has 3 aliphatic heterocycles. The Morgan fingerprint density at radius 2 is 2.07 bits per heavy atom. The van der Waals surface area contributed by atoms with E-state index < -0.39 is 23.8 Å². The van der Waals surface area contributed by atoms with Crippen LogP contribution in [0.15, 0.2) is 0 Å². The molecule has 5 nitrogen and oxygen atoms in total. The van der Waals surface area contributed by atoms with Crippen molar-refractivity contribution >= 4 is 11.9 Å². The minimum atomic E-state index is -0.472. The van der Waals surface area contributed by atoms with Gasteiger partial charge in [-0.3, -0.25) is 9.59 Å². The van der Waals surface area contributed by atoms with Crippen LogP contribution >= 0.6 is 0 Å². The molecule has 78 valence electrons. The smallest absolute Gasteiger partial charge is 0.320 e. The molecule has 0 aromatic rings. The van der Waals surface area contributed by atoms with Gasteiger partial charge in [0.15, 0.2) is 0 Å². The molecule has 3 fully saturated rings. The highest BCUT2D eigenvalue weighted by Gasteiger charge is 2.64. The van der Waals surface area contributed by atoms with Crippen molar-refractivity contribution in [1.82, 2.24) is 0 Å². The van der Waals surface area contributed by atoms with Gasteiger partial charge in [-0.05, 0) is 6.42 Å². The zero-order valence-corrected chi connectivity index (χ0v) is 7.88. The second-order valence-corrected chi connectivity index (χ2v) is 4.29. The van der Waals surface area contributed by atoms with E-state index in [1.54, 1.807) is 0 Å². The van der Waals surface area contributed by atoms with E-state index in [4.69, 9.17) is 10.00 Å². The first-order valence-electron chi connectivity index (χ1n) is 5.00. The van der Waals surface area contributed by atoms with Gasteiger partial charge in [-0.25, -0.2) is 0 Å². The van der Waals surface area contributed by atoms with E-state index in [1.807, 2.05) is 0 Å². The van der Waals surface area contributed by atoms with E-state index in [0.717, 1.165) is 0 Å². The number of cyclic esters (lactones) is 2. The molecule has 3 aliphatic rings. The summed E-state index contributed by atoms with van der Waals surface area (Å²) in [6, 6.07) is 2.08. The van der Waals surface area contributed by atoms with Crippen molar-refractivity contribution in [3.05, 3.63) is 0 Å². The zero-order valence-electron chi connectivity index (χ0n) is 7.88. The molecule has 0 amide bonds. The summed E-state index contributed by atoms with van der Waals surface area (Å²) in [6.07, 6.45) is 0.587. The number of carbonyl (C=O) groups excluding carboxylic acids is 2. The Balaban J connectivity index is 1.89. The minimum absolute atomic E-state index is 0.0831. The molecule has 3 saturated heterocycles. The minimum Gasteiger partial charge on any atom is -0.393 e. The fourth-order valence-corrected chi connectivity index (χ4v) is 2.98. The fraction of sp³-hybridized carbons (Fsp3) is 0.700. The van der Waals surface area contributed by atoms with Gasteiger partial charge in [0.25, 0.3) is 0 Å². The number of nitrogens with zero attached hydrogens (tertiary/aromatic N) is 1. The summed E-state index contributed by atoms with van der Waals surface area (Å²) in [5.74, 6) is -1.69. The molecule has 0 spiro atoms. The predicted molar refractivity (Wildman–Crippen MR) is 45.1 cm³/mol. The average Bonchev–Trinajstić information content (AvgIpc) is 2.80. The number of esters is 2. The Bertz CT molecular complexity index is 385. The molecule has 2 bridgehead atoms. The lowest BCUT2D eigenvalue weighted by atomic mass is 9.74. The Morgan fingerprint density at radius 1 is 1.33 bits per heavy atom. The van der Waals surface area contributed by atoms with Crippen molar-refractivity contribution in [2.75, 3.05) is 0 Å². The Morgan fingerprint density at radius 3 is 2.80 bits per heavy atom. The van der Waals surface area contributed by atoms with E-state index in [2.05, 4.69) is 10.8 Å². The second-order valence-electron chi connectivity index (χ2n) is 4.29. The number of fused-ring (bicyclic) bond motifs is 5. The Hall–Kier alpha value is -1.41. The van der Waals surface area contributed by atoms with Crippen molar-refractivity contribution in [2.24, 2.45) is 17.8 Å². The van der Waals surface area contributed by atoms with Gasteiger partial charge in [0.1, 0.15) is 0 Å². The summed E-state index contributed by atoms with van der Waals surface area (Å²) in [4.78, 5) is 22.7. The third-order valence-corrected chi connectivity index (χ3v) is 3.57. The van der Waals surface area contributed by atoms with E-state index in [1.165, 1.54) is 0 Å². The van der Waals surface area contributed by atoms with Crippen LogP contribution in [-0.4, -0.2) is 24.1 Å². The van der Waals surface area contributed by atoms with E-state index >= 15 is 0 Å². The highest BCUT2D eigenvalue weighted by Crippen LogP contribution is 2.51. The van der Waals surface area contributed by atoms with Crippen LogP contribution < -0.4 is 0 Å². The lowest BCUT2D eigenvalue weighted by Crippen LogP contribution is -2.34. The largest absolute Gasteiger partial charge is 0.393 e. The third kappa shape index (κ3) is 0.999. The second kappa shape index (κ2) is 2.80. The van der Waals surface area contributed by atoms with Crippen molar-refractivity contribution in [3.63, 3.8) is 0 Å². The molecule has 0 radical (unpaired) electrons. The van der Waals surface area contributed by atoms with E-state index in [0.29, 0.717) is 12.8 Å². The molecule has 3 rings (SSSR count). The standard InChI is InChI=1S/C10H9NO4/c11-2-1-4-3-5-6-7(8(4)14-5)10(13)15-9(6)12/h4-8H,1,3H2/t4-,5+,6-,7-,8-/m0/s1. The number of ether oxygens (including phenoxy) is 2. The van der Waals surface area contributed by atoms with Crippen LogP contribution in [0.5, 0.6) is 0 Å². The number of nitriles is 1. The van der Waals surface area contributed by atoms with Crippen LogP contribution in [0, 0.1) is 29.1 Å². The van der Waals surface area contributed by atoms with Crippen LogP contribution in [0.2, 0.25) is 0 Å². The van der Waals surface area contributed by atoms with Gasteiger partial charge in [-0.1, -0.05) is 0 Å². The number of hydrogen-bond acceptors (Lipinski definition) is 5. The van der Waals surface area contributed by atoms with Crippen LogP contribution in [-0.2, 0) is 19.1 Å². The van der Waals surface area contributed by atoms with Gasteiger partial charge >= 0.3 is 11.9 Å². The highest BCUT2D eigenvalue weighted by molar-refractivity contribution is 5.98. The maximum absolute atomic E-state index is 11.4. The molecule has 5 heteroatoms. The van der Waals surface area contributed by atoms with E-state index in [-0.39, 0.29) is 18.1 Å². The van der Waals surface area contributed by atoms with Gasteiger partial charge in [0.2, 0.25) is 0 Å². The first-order valence-corrected chi connectivity index (χ1v) is 5.00. The number of rotatable bonds is 1. The molecule has 0 aromatic heterocycles. The molecule has 3 heterocycles. The highest BCUT2D eigenvalue weighted by atomic mass is 16.6. The third-order valence-electron chi connectivity index (χ3n) is 3.57. The monoisotopic (exact) mass is 207 g/mol. The topological polar surface area (TPSA) is 76.4 Å². The maximum atomic E-state index is 11.4. The zero-order chi connectivity index (χ0) is 10.6. The van der Waals surface area contributed by atoms with Gasteiger partial charge in [-0.15, -0.1) is 0 Å². The Kier molecular flexibility index (Phi) is 1.65. The van der Waals surface area contributed by atoms with Crippen molar-refractivity contribution in [2.45, 2.75) is 25.0 Å². The summed E-state index contributed by atoms with van der Waals surface area (Å²) in [5, 5.41) is 8.62. The van der Waals surface area contributed by atoms with E-state index in [9.17, 15) is 9.59 Å². The maximum Gasteiger partial charge on any atom is 0.320 e. The summed E-state index contributed by atoms with van der Waals surface area (Å²) in [7, 11) is 0. The van der Waals surface area contributed by atoms with Gasteiger partial charge < -0.3 is 9.47 Å². The van der Waals surface area contributed by atoms with Crippen LogP contribution in [0.3, 0.4) is 0 Å². The lowest BCUT2D eigenvalue weighted by molar-refractivity contribution is -0.156. The normalized spacial score (nSPS) is 46.5. The summed E-state index contributed by atoms with van der Waals surface area (Å²) in [6.45, 7) is 0. The predicted octanol–water partition coefficient (Wildman–Crippen LogP) is 0.00318. The number of carbonyl (C=O) groups is 2. The van der Waals surface area contributed by atoms with Crippen LogP contribution in [0.25, 0.3) is 0 Å². The quantitative estimate of drug-likeness (QED) is 0.447. The molecule has 0 aliphatic carbocycles.